The molecular formula is C21H27ClN2O2S. The number of fused-ring (bicyclic) bond motifs is 2. The Morgan fingerprint density at radius 3 is 2.11 bits per heavy atom. The van der Waals surface area contributed by atoms with Crippen molar-refractivity contribution in [2.75, 3.05) is 31.1 Å². The van der Waals surface area contributed by atoms with Crippen LogP contribution in [0.2, 0.25) is 0 Å². The van der Waals surface area contributed by atoms with E-state index in [1.807, 2.05) is 11.8 Å². The largest absolute Gasteiger partial charge is 0.368 e. The topological polar surface area (TPSA) is 35.9 Å². The maximum atomic E-state index is 9.39. The number of ether oxygens (including phenoxy) is 1. The Morgan fingerprint density at radius 2 is 1.56 bits per heavy atom. The highest BCUT2D eigenvalue weighted by Crippen LogP contribution is 2.47. The number of nitrogens with zero attached hydrogens (tertiary/aromatic N) is 2. The molecule has 1 fully saturated rings. The first kappa shape index (κ1) is 20.5. The summed E-state index contributed by atoms with van der Waals surface area (Å²) in [7, 11) is 0. The number of anilines is 2. The molecule has 0 saturated carbocycles. The van der Waals surface area contributed by atoms with Crippen LogP contribution in [0.1, 0.15) is 19.8 Å². The normalized spacial score (nSPS) is 18.4. The quantitative estimate of drug-likeness (QED) is 0.738. The minimum atomic E-state index is -0.662. The van der Waals surface area contributed by atoms with Gasteiger partial charge < -0.3 is 19.6 Å². The highest BCUT2D eigenvalue weighted by molar-refractivity contribution is 7.99. The maximum Gasteiger partial charge on any atom is 0.152 e. The first-order valence-corrected chi connectivity index (χ1v) is 10.2. The first-order chi connectivity index (χ1) is 12.7. The third kappa shape index (κ3) is 4.79. The minimum Gasteiger partial charge on any atom is -0.368 e. The van der Waals surface area contributed by atoms with Crippen LogP contribution in [0, 0.1) is 0 Å². The predicted octanol–water partition coefficient (Wildman–Crippen LogP) is 4.53. The minimum absolute atomic E-state index is 0. The van der Waals surface area contributed by atoms with Gasteiger partial charge in [-0.1, -0.05) is 36.0 Å². The summed E-state index contributed by atoms with van der Waals surface area (Å²) in [5, 5.41) is 9.39. The van der Waals surface area contributed by atoms with Crippen LogP contribution in [0.5, 0.6) is 0 Å². The van der Waals surface area contributed by atoms with E-state index in [4.69, 9.17) is 4.74 Å². The second-order valence-corrected chi connectivity index (χ2v) is 8.05. The Hall–Kier alpha value is -1.24. The van der Waals surface area contributed by atoms with Crippen molar-refractivity contribution in [3.63, 3.8) is 0 Å². The summed E-state index contributed by atoms with van der Waals surface area (Å²) < 4.78 is 5.54. The van der Waals surface area contributed by atoms with Gasteiger partial charge in [0.25, 0.3) is 0 Å². The third-order valence-corrected chi connectivity index (χ3v) is 6.23. The number of hydrogen-bond acceptors (Lipinski definition) is 5. The molecule has 2 aromatic rings. The van der Waals surface area contributed by atoms with Gasteiger partial charge in [0, 0.05) is 36.0 Å². The van der Waals surface area contributed by atoms with E-state index in [1.54, 1.807) is 6.92 Å². The van der Waals surface area contributed by atoms with E-state index < -0.39 is 6.29 Å². The van der Waals surface area contributed by atoms with Crippen molar-refractivity contribution in [2.24, 2.45) is 0 Å². The van der Waals surface area contributed by atoms with Gasteiger partial charge in [-0.25, -0.2) is 0 Å². The van der Waals surface area contributed by atoms with Gasteiger partial charge in [0.15, 0.2) is 6.29 Å². The van der Waals surface area contributed by atoms with Crippen molar-refractivity contribution in [1.82, 2.24) is 4.90 Å². The van der Waals surface area contributed by atoms with Crippen LogP contribution in [0.3, 0.4) is 0 Å². The van der Waals surface area contributed by atoms with Crippen LogP contribution in [0.25, 0.3) is 0 Å². The van der Waals surface area contributed by atoms with E-state index in [1.165, 1.54) is 21.2 Å². The fraction of sp³-hybridized carbons (Fsp3) is 0.429. The third-order valence-electron chi connectivity index (χ3n) is 5.10. The summed E-state index contributed by atoms with van der Waals surface area (Å²) in [5.41, 5.74) is 2.62. The number of benzene rings is 2. The van der Waals surface area contributed by atoms with Gasteiger partial charge in [-0.05, 0) is 44.0 Å². The molecule has 27 heavy (non-hydrogen) atoms. The number of rotatable bonds is 5. The molecule has 2 heterocycles. The summed E-state index contributed by atoms with van der Waals surface area (Å²) in [5.74, 6) is 0. The lowest BCUT2D eigenvalue weighted by atomic mass is 10.1. The van der Waals surface area contributed by atoms with Gasteiger partial charge in [0.2, 0.25) is 0 Å². The number of aliphatic hydroxyl groups excluding tert-OH is 1. The number of para-hydroxylation sites is 2. The molecular weight excluding hydrogens is 380 g/mol. The SMILES string of the molecule is CC(O)OC1CCN(CCN2c3ccccc3Sc3ccccc32)CC1.Cl. The van der Waals surface area contributed by atoms with Crippen molar-refractivity contribution in [2.45, 2.75) is 42.0 Å². The summed E-state index contributed by atoms with van der Waals surface area (Å²) >= 11 is 1.86. The van der Waals surface area contributed by atoms with Crippen LogP contribution in [-0.4, -0.2) is 48.6 Å². The second-order valence-electron chi connectivity index (χ2n) is 6.97. The number of hydrogen-bond donors (Lipinski definition) is 1. The highest BCUT2D eigenvalue weighted by atomic mass is 35.5. The van der Waals surface area contributed by atoms with Gasteiger partial charge in [0.05, 0.1) is 17.5 Å². The Kier molecular flexibility index (Phi) is 7.06. The molecule has 0 radical (unpaired) electrons. The van der Waals surface area contributed by atoms with Crippen molar-refractivity contribution < 1.29 is 9.84 Å². The average molecular weight is 407 g/mol. The number of likely N-dealkylation sites (tertiary alicyclic amines) is 1. The smallest absolute Gasteiger partial charge is 0.152 e. The molecule has 2 aliphatic heterocycles. The number of halogens is 1. The van der Waals surface area contributed by atoms with Crippen molar-refractivity contribution in [1.29, 1.82) is 0 Å². The first-order valence-electron chi connectivity index (χ1n) is 9.40. The molecule has 1 unspecified atom stereocenters. The van der Waals surface area contributed by atoms with Crippen LogP contribution in [0.4, 0.5) is 11.4 Å². The van der Waals surface area contributed by atoms with E-state index >= 15 is 0 Å². The lowest BCUT2D eigenvalue weighted by Crippen LogP contribution is -2.41. The molecule has 4 rings (SSSR count). The summed E-state index contributed by atoms with van der Waals surface area (Å²) in [6.45, 7) is 5.77. The highest BCUT2D eigenvalue weighted by Gasteiger charge is 2.25. The standard InChI is InChI=1S/C21H26N2O2S.ClH/c1-16(24)25-17-10-12-22(13-11-17)14-15-23-18-6-2-4-8-20(18)26-21-9-5-3-7-19(21)23;/h2-9,16-17,24H,10-15H2,1H3;1H. The molecule has 2 aliphatic rings. The second kappa shape index (κ2) is 9.30. The van der Waals surface area contributed by atoms with Crippen LogP contribution >= 0.6 is 24.2 Å². The Labute approximate surface area is 171 Å². The van der Waals surface area contributed by atoms with Crippen molar-refractivity contribution in [3.8, 4) is 0 Å². The molecule has 0 amide bonds. The molecule has 6 heteroatoms. The van der Waals surface area contributed by atoms with Crippen molar-refractivity contribution in [3.05, 3.63) is 48.5 Å². The molecule has 0 spiro atoms. The Bertz CT molecular complexity index is 705. The van der Waals surface area contributed by atoms with Gasteiger partial charge in [-0.2, -0.15) is 0 Å². The molecule has 0 aliphatic carbocycles. The van der Waals surface area contributed by atoms with E-state index in [-0.39, 0.29) is 18.5 Å². The zero-order valence-electron chi connectivity index (χ0n) is 15.6. The van der Waals surface area contributed by atoms with Crippen LogP contribution < -0.4 is 4.90 Å². The fourth-order valence-electron chi connectivity index (χ4n) is 3.81. The molecule has 0 aromatic heterocycles. The van der Waals surface area contributed by atoms with Gasteiger partial charge in [-0.15, -0.1) is 12.4 Å². The van der Waals surface area contributed by atoms with E-state index in [9.17, 15) is 5.11 Å². The molecule has 1 saturated heterocycles. The molecule has 146 valence electrons. The number of aliphatic hydroxyl groups is 1. The zero-order valence-corrected chi connectivity index (χ0v) is 17.2. The Balaban J connectivity index is 0.00000210. The molecule has 1 N–H and O–H groups in total. The summed E-state index contributed by atoms with van der Waals surface area (Å²) in [6, 6.07) is 17.3. The number of piperidine rings is 1. The van der Waals surface area contributed by atoms with Crippen LogP contribution in [-0.2, 0) is 4.74 Å². The molecule has 4 nitrogen and oxygen atoms in total. The Morgan fingerprint density at radius 1 is 1.00 bits per heavy atom. The van der Waals surface area contributed by atoms with E-state index in [0.29, 0.717) is 0 Å². The summed E-state index contributed by atoms with van der Waals surface area (Å²) in [6.07, 6.45) is 1.52. The van der Waals surface area contributed by atoms with Crippen molar-refractivity contribution >= 4 is 35.5 Å². The van der Waals surface area contributed by atoms with Crippen LogP contribution in [0.15, 0.2) is 58.3 Å². The monoisotopic (exact) mass is 406 g/mol. The van der Waals surface area contributed by atoms with Gasteiger partial charge >= 0.3 is 0 Å². The van der Waals surface area contributed by atoms with Gasteiger partial charge in [0.1, 0.15) is 0 Å². The zero-order chi connectivity index (χ0) is 17.9. The van der Waals surface area contributed by atoms with E-state index in [2.05, 4.69) is 58.3 Å². The lowest BCUT2D eigenvalue weighted by molar-refractivity contribution is -0.136. The maximum absolute atomic E-state index is 9.39. The molecule has 2 aromatic carbocycles. The summed E-state index contributed by atoms with van der Waals surface area (Å²) in [4.78, 5) is 7.62. The van der Waals surface area contributed by atoms with E-state index in [0.717, 1.165) is 39.0 Å². The lowest BCUT2D eigenvalue weighted by Gasteiger charge is -2.36. The average Bonchev–Trinajstić information content (AvgIpc) is 2.66. The molecule has 0 bridgehead atoms. The van der Waals surface area contributed by atoms with Gasteiger partial charge in [-0.3, -0.25) is 0 Å². The predicted molar refractivity (Wildman–Crippen MR) is 113 cm³/mol. The fourth-order valence-corrected chi connectivity index (χ4v) is 4.91. The molecule has 1 atom stereocenters.